The van der Waals surface area contributed by atoms with Gasteiger partial charge in [-0.2, -0.15) is 0 Å². The second-order valence-corrected chi connectivity index (χ2v) is 4.49. The minimum atomic E-state index is -0.283. The molecule has 0 radical (unpaired) electrons. The highest BCUT2D eigenvalue weighted by molar-refractivity contribution is 5.92. The van der Waals surface area contributed by atoms with E-state index in [9.17, 15) is 9.18 Å². The van der Waals surface area contributed by atoms with Crippen LogP contribution >= 0.6 is 12.4 Å². The molecule has 1 aromatic carbocycles. The molecule has 1 heterocycles. The number of hydrogen-bond donors (Lipinski definition) is 1. The lowest BCUT2D eigenvalue weighted by Gasteiger charge is -2.19. The van der Waals surface area contributed by atoms with Crippen LogP contribution in [-0.2, 0) is 4.79 Å². The molecule has 1 saturated heterocycles. The number of carbonyl (C=O) groups is 1. The summed E-state index contributed by atoms with van der Waals surface area (Å²) < 4.78 is 12.8. The van der Waals surface area contributed by atoms with Crippen LogP contribution in [0.15, 0.2) is 24.3 Å². The zero-order chi connectivity index (χ0) is 12.3. The quantitative estimate of drug-likeness (QED) is 0.915. The normalized spacial score (nSPS) is 18.2. The van der Waals surface area contributed by atoms with Gasteiger partial charge in [-0.15, -0.1) is 12.4 Å². The molecule has 3 nitrogen and oxygen atoms in total. The van der Waals surface area contributed by atoms with Gasteiger partial charge in [0.25, 0.3) is 0 Å². The molecule has 1 atom stereocenters. The Bertz CT molecular complexity index is 390. The number of rotatable bonds is 3. The number of nitrogens with zero attached hydrogens (tertiary/aromatic N) is 1. The first-order valence-electron chi connectivity index (χ1n) is 5.89. The van der Waals surface area contributed by atoms with E-state index in [1.807, 2.05) is 0 Å². The second kappa shape index (κ2) is 6.71. The molecule has 0 saturated carbocycles. The van der Waals surface area contributed by atoms with Gasteiger partial charge in [-0.25, -0.2) is 4.39 Å². The van der Waals surface area contributed by atoms with E-state index < -0.39 is 0 Å². The first kappa shape index (κ1) is 14.9. The van der Waals surface area contributed by atoms with Crippen molar-refractivity contribution < 1.29 is 9.18 Å². The van der Waals surface area contributed by atoms with Crippen molar-refractivity contribution in [2.75, 3.05) is 25.0 Å². The third-order valence-corrected chi connectivity index (χ3v) is 3.21. The fraction of sp³-hybridized carbons (Fsp3) is 0.462. The molecule has 1 aromatic rings. The van der Waals surface area contributed by atoms with Crippen LogP contribution in [0.5, 0.6) is 0 Å². The van der Waals surface area contributed by atoms with Crippen LogP contribution in [0.1, 0.15) is 12.8 Å². The van der Waals surface area contributed by atoms with E-state index in [4.69, 9.17) is 0 Å². The minimum absolute atomic E-state index is 0. The summed E-state index contributed by atoms with van der Waals surface area (Å²) in [5.74, 6) is 0.241. The van der Waals surface area contributed by atoms with E-state index in [-0.39, 0.29) is 24.1 Å². The lowest BCUT2D eigenvalue weighted by Crippen LogP contribution is -2.28. The van der Waals surface area contributed by atoms with Gasteiger partial charge < -0.3 is 10.2 Å². The smallest absolute Gasteiger partial charge is 0.227 e. The van der Waals surface area contributed by atoms with Gasteiger partial charge in [0, 0.05) is 19.2 Å². The maximum absolute atomic E-state index is 12.8. The number of halogens is 2. The molecule has 1 unspecified atom stereocenters. The standard InChI is InChI=1S/C13H17FN2O.ClH/c1-16(12-4-2-11(14)3-5-12)13(17)8-10-6-7-15-9-10;/h2-5,10,15H,6-9H2,1H3;1H. The molecule has 1 fully saturated rings. The van der Waals surface area contributed by atoms with Crippen LogP contribution in [0.3, 0.4) is 0 Å². The Morgan fingerprint density at radius 3 is 2.67 bits per heavy atom. The largest absolute Gasteiger partial charge is 0.316 e. The van der Waals surface area contributed by atoms with E-state index in [1.165, 1.54) is 12.1 Å². The molecule has 0 spiro atoms. The van der Waals surface area contributed by atoms with Crippen molar-refractivity contribution in [2.24, 2.45) is 5.92 Å². The summed E-state index contributed by atoms with van der Waals surface area (Å²) >= 11 is 0. The van der Waals surface area contributed by atoms with E-state index in [0.717, 1.165) is 25.2 Å². The number of amides is 1. The third kappa shape index (κ3) is 3.68. The first-order chi connectivity index (χ1) is 8.16. The number of carbonyl (C=O) groups excluding carboxylic acids is 1. The Hall–Kier alpha value is -1.13. The van der Waals surface area contributed by atoms with Crippen molar-refractivity contribution in [1.82, 2.24) is 5.32 Å². The summed E-state index contributed by atoms with van der Waals surface area (Å²) in [7, 11) is 1.73. The van der Waals surface area contributed by atoms with Crippen molar-refractivity contribution in [2.45, 2.75) is 12.8 Å². The van der Waals surface area contributed by atoms with Gasteiger partial charge >= 0.3 is 0 Å². The molecule has 1 amide bonds. The molecular formula is C13H18ClFN2O. The molecule has 100 valence electrons. The number of anilines is 1. The van der Waals surface area contributed by atoms with Crippen molar-refractivity contribution in [3.05, 3.63) is 30.1 Å². The Morgan fingerprint density at radius 1 is 1.44 bits per heavy atom. The number of nitrogens with one attached hydrogen (secondary N) is 1. The van der Waals surface area contributed by atoms with Crippen LogP contribution < -0.4 is 10.2 Å². The molecule has 2 rings (SSSR count). The highest BCUT2D eigenvalue weighted by Crippen LogP contribution is 2.18. The molecule has 5 heteroatoms. The summed E-state index contributed by atoms with van der Waals surface area (Å²) in [5, 5.41) is 3.24. The van der Waals surface area contributed by atoms with Gasteiger partial charge in [0.2, 0.25) is 5.91 Å². The highest BCUT2D eigenvalue weighted by Gasteiger charge is 2.20. The van der Waals surface area contributed by atoms with Gasteiger partial charge in [0.1, 0.15) is 5.82 Å². The second-order valence-electron chi connectivity index (χ2n) is 4.49. The molecule has 18 heavy (non-hydrogen) atoms. The molecule has 0 aromatic heterocycles. The summed E-state index contributed by atoms with van der Waals surface area (Å²) in [6, 6.07) is 5.99. The number of hydrogen-bond acceptors (Lipinski definition) is 2. The maximum atomic E-state index is 12.8. The molecule has 1 aliphatic heterocycles. The van der Waals surface area contributed by atoms with Crippen LogP contribution in [0, 0.1) is 11.7 Å². The summed E-state index contributed by atoms with van der Waals surface area (Å²) in [6.07, 6.45) is 1.61. The average Bonchev–Trinajstić information content (AvgIpc) is 2.82. The van der Waals surface area contributed by atoms with Gasteiger partial charge in [0.05, 0.1) is 0 Å². The summed E-state index contributed by atoms with van der Waals surface area (Å²) in [6.45, 7) is 1.92. The fourth-order valence-electron chi connectivity index (χ4n) is 2.08. The Labute approximate surface area is 113 Å². The first-order valence-corrected chi connectivity index (χ1v) is 5.89. The summed E-state index contributed by atoms with van der Waals surface area (Å²) in [5.41, 5.74) is 0.738. The van der Waals surface area contributed by atoms with Gasteiger partial charge in [0.15, 0.2) is 0 Å². The van der Waals surface area contributed by atoms with E-state index in [1.54, 1.807) is 24.1 Å². The predicted octanol–water partition coefficient (Wildman–Crippen LogP) is 2.21. The van der Waals surface area contributed by atoms with Gasteiger partial charge in [-0.05, 0) is 49.7 Å². The molecular weight excluding hydrogens is 255 g/mol. The number of benzene rings is 1. The molecule has 0 aliphatic carbocycles. The molecule has 1 N–H and O–H groups in total. The van der Waals surface area contributed by atoms with Crippen LogP contribution in [0.25, 0.3) is 0 Å². The third-order valence-electron chi connectivity index (χ3n) is 3.21. The van der Waals surface area contributed by atoms with Crippen molar-refractivity contribution in [3.8, 4) is 0 Å². The maximum Gasteiger partial charge on any atom is 0.227 e. The van der Waals surface area contributed by atoms with Crippen LogP contribution in [0.4, 0.5) is 10.1 Å². The fourth-order valence-corrected chi connectivity index (χ4v) is 2.08. The predicted molar refractivity (Wildman–Crippen MR) is 72.7 cm³/mol. The lowest BCUT2D eigenvalue weighted by molar-refractivity contribution is -0.119. The van der Waals surface area contributed by atoms with Crippen molar-refractivity contribution >= 4 is 24.0 Å². The van der Waals surface area contributed by atoms with Crippen molar-refractivity contribution in [1.29, 1.82) is 0 Å². The van der Waals surface area contributed by atoms with Gasteiger partial charge in [-0.3, -0.25) is 4.79 Å². The molecule has 0 bridgehead atoms. The zero-order valence-electron chi connectivity index (χ0n) is 10.4. The summed E-state index contributed by atoms with van der Waals surface area (Å²) in [4.78, 5) is 13.6. The van der Waals surface area contributed by atoms with Crippen LogP contribution in [0.2, 0.25) is 0 Å². The molecule has 1 aliphatic rings. The van der Waals surface area contributed by atoms with E-state index >= 15 is 0 Å². The zero-order valence-corrected chi connectivity index (χ0v) is 11.2. The van der Waals surface area contributed by atoms with E-state index in [2.05, 4.69) is 5.32 Å². The topological polar surface area (TPSA) is 32.3 Å². The SMILES string of the molecule is CN(C(=O)CC1CCNC1)c1ccc(F)cc1.Cl. The Morgan fingerprint density at radius 2 is 2.11 bits per heavy atom. The van der Waals surface area contributed by atoms with Crippen molar-refractivity contribution in [3.63, 3.8) is 0 Å². The minimum Gasteiger partial charge on any atom is -0.316 e. The van der Waals surface area contributed by atoms with Crippen LogP contribution in [-0.4, -0.2) is 26.0 Å². The highest BCUT2D eigenvalue weighted by atomic mass is 35.5. The van der Waals surface area contributed by atoms with E-state index in [0.29, 0.717) is 12.3 Å². The lowest BCUT2D eigenvalue weighted by atomic mass is 10.0. The average molecular weight is 273 g/mol. The Balaban J connectivity index is 0.00000162. The van der Waals surface area contributed by atoms with Gasteiger partial charge in [-0.1, -0.05) is 0 Å². The monoisotopic (exact) mass is 272 g/mol. The Kier molecular flexibility index (Phi) is 5.56.